The van der Waals surface area contributed by atoms with E-state index in [1.807, 2.05) is 0 Å². The van der Waals surface area contributed by atoms with Gasteiger partial charge in [0.05, 0.1) is 0 Å². The zero-order valence-corrected chi connectivity index (χ0v) is 11.7. The van der Waals surface area contributed by atoms with Crippen LogP contribution in [0.2, 0.25) is 5.02 Å². The fraction of sp³-hybridized carbons (Fsp3) is 0.200. The van der Waals surface area contributed by atoms with E-state index >= 15 is 0 Å². The third-order valence-corrected chi connectivity index (χ3v) is 3.25. The van der Waals surface area contributed by atoms with Crippen molar-refractivity contribution in [1.82, 2.24) is 0 Å². The average Bonchev–Trinajstić information content (AvgIpc) is 2.40. The van der Waals surface area contributed by atoms with Crippen LogP contribution in [0.1, 0.15) is 12.5 Å². The minimum absolute atomic E-state index is 0.145. The quantitative estimate of drug-likeness (QED) is 0.669. The van der Waals surface area contributed by atoms with E-state index in [9.17, 15) is 17.6 Å². The first-order valence-electron chi connectivity index (χ1n) is 6.15. The van der Waals surface area contributed by atoms with Crippen LogP contribution in [0.15, 0.2) is 36.4 Å². The number of alkyl halides is 3. The van der Waals surface area contributed by atoms with Crippen molar-refractivity contribution < 1.29 is 22.3 Å². The van der Waals surface area contributed by atoms with Gasteiger partial charge in [-0.3, -0.25) is 0 Å². The normalized spacial score (nSPS) is 11.5. The molecule has 2 aromatic carbocycles. The van der Waals surface area contributed by atoms with E-state index in [1.54, 1.807) is 19.1 Å². The Hall–Kier alpha value is -1.75. The smallest absolute Gasteiger partial charge is 0.406 e. The van der Waals surface area contributed by atoms with Crippen molar-refractivity contribution in [2.24, 2.45) is 0 Å². The van der Waals surface area contributed by atoms with Gasteiger partial charge in [-0.2, -0.15) is 0 Å². The van der Waals surface area contributed by atoms with Crippen LogP contribution in [-0.2, 0) is 6.42 Å². The van der Waals surface area contributed by atoms with Crippen LogP contribution in [0.5, 0.6) is 5.75 Å². The van der Waals surface area contributed by atoms with E-state index in [0.29, 0.717) is 12.0 Å². The molecule has 2 aromatic rings. The maximum Gasteiger partial charge on any atom is 0.573 e. The van der Waals surface area contributed by atoms with Gasteiger partial charge in [-0.15, -0.1) is 13.2 Å². The Balaban J connectivity index is 2.51. The maximum atomic E-state index is 14.3. The first kappa shape index (κ1) is 15.6. The minimum atomic E-state index is -4.81. The minimum Gasteiger partial charge on any atom is -0.406 e. The summed E-state index contributed by atoms with van der Waals surface area (Å²) in [6.07, 6.45) is -4.34. The third-order valence-electron chi connectivity index (χ3n) is 2.92. The number of ether oxygens (including phenoxy) is 1. The molecule has 0 aliphatic carbocycles. The van der Waals surface area contributed by atoms with Gasteiger partial charge in [0.15, 0.2) is 0 Å². The highest BCUT2D eigenvalue weighted by atomic mass is 35.5. The monoisotopic (exact) mass is 318 g/mol. The molecule has 112 valence electrons. The number of rotatable bonds is 3. The standard InChI is InChI=1S/C15H11ClF4O/c1-2-9-4-3-5-11(14(9)17)12-8-10(6-7-13(12)16)21-15(18,19)20/h3-8H,2H2,1H3. The highest BCUT2D eigenvalue weighted by molar-refractivity contribution is 6.33. The SMILES string of the molecule is CCc1cccc(-c2cc(OC(F)(F)F)ccc2Cl)c1F. The molecular weight excluding hydrogens is 308 g/mol. The molecule has 0 aliphatic rings. The summed E-state index contributed by atoms with van der Waals surface area (Å²) < 4.78 is 54.9. The molecule has 0 aromatic heterocycles. The summed E-state index contributed by atoms with van der Waals surface area (Å²) in [5, 5.41) is 0.150. The summed E-state index contributed by atoms with van der Waals surface area (Å²) >= 11 is 5.97. The van der Waals surface area contributed by atoms with Gasteiger partial charge in [0.2, 0.25) is 0 Å². The van der Waals surface area contributed by atoms with Gasteiger partial charge in [0.1, 0.15) is 11.6 Å². The lowest BCUT2D eigenvalue weighted by atomic mass is 10.0. The van der Waals surface area contributed by atoms with Crippen LogP contribution in [-0.4, -0.2) is 6.36 Å². The van der Waals surface area contributed by atoms with E-state index < -0.39 is 17.9 Å². The van der Waals surface area contributed by atoms with Gasteiger partial charge in [0.25, 0.3) is 0 Å². The molecule has 2 rings (SSSR count). The van der Waals surface area contributed by atoms with E-state index in [0.717, 1.165) is 12.1 Å². The third kappa shape index (κ3) is 3.67. The van der Waals surface area contributed by atoms with E-state index in [-0.39, 0.29) is 16.1 Å². The van der Waals surface area contributed by atoms with Crippen molar-refractivity contribution in [3.8, 4) is 16.9 Å². The molecule has 6 heteroatoms. The number of halogens is 5. The molecule has 1 nitrogen and oxygen atoms in total. The van der Waals surface area contributed by atoms with Crippen LogP contribution < -0.4 is 4.74 Å². The average molecular weight is 319 g/mol. The molecule has 0 saturated carbocycles. The van der Waals surface area contributed by atoms with Gasteiger partial charge < -0.3 is 4.74 Å². The van der Waals surface area contributed by atoms with E-state index in [2.05, 4.69) is 4.74 Å². The van der Waals surface area contributed by atoms with Crippen molar-refractivity contribution in [1.29, 1.82) is 0 Å². The molecule has 0 radical (unpaired) electrons. The highest BCUT2D eigenvalue weighted by Crippen LogP contribution is 2.35. The Morgan fingerprint density at radius 1 is 1.10 bits per heavy atom. The largest absolute Gasteiger partial charge is 0.573 e. The fourth-order valence-electron chi connectivity index (χ4n) is 1.97. The van der Waals surface area contributed by atoms with Gasteiger partial charge >= 0.3 is 6.36 Å². The van der Waals surface area contributed by atoms with Crippen molar-refractivity contribution >= 4 is 11.6 Å². The molecule has 0 atom stereocenters. The van der Waals surface area contributed by atoms with Crippen LogP contribution in [0.4, 0.5) is 17.6 Å². The lowest BCUT2D eigenvalue weighted by Gasteiger charge is -2.13. The summed E-state index contributed by atoms with van der Waals surface area (Å²) in [5.74, 6) is -0.936. The van der Waals surface area contributed by atoms with Crippen LogP contribution in [0.3, 0.4) is 0 Å². The van der Waals surface area contributed by atoms with Crippen molar-refractivity contribution in [3.05, 3.63) is 52.8 Å². The molecule has 0 fully saturated rings. The second kappa shape index (κ2) is 5.93. The molecule has 0 aliphatic heterocycles. The molecule has 21 heavy (non-hydrogen) atoms. The molecule has 0 spiro atoms. The Kier molecular flexibility index (Phi) is 4.42. The Bertz CT molecular complexity index is 653. The number of hydrogen-bond acceptors (Lipinski definition) is 1. The Labute approximate surface area is 124 Å². The van der Waals surface area contributed by atoms with Gasteiger partial charge in [0, 0.05) is 16.1 Å². The lowest BCUT2D eigenvalue weighted by Crippen LogP contribution is -2.17. The summed E-state index contributed by atoms with van der Waals surface area (Å²) in [7, 11) is 0. The highest BCUT2D eigenvalue weighted by Gasteiger charge is 2.31. The second-order valence-corrected chi connectivity index (χ2v) is 4.73. The molecule has 0 N–H and O–H groups in total. The second-order valence-electron chi connectivity index (χ2n) is 4.32. The number of aryl methyl sites for hydroxylation is 1. The Morgan fingerprint density at radius 2 is 1.81 bits per heavy atom. The van der Waals surface area contributed by atoms with Crippen LogP contribution in [0, 0.1) is 5.82 Å². The summed E-state index contributed by atoms with van der Waals surface area (Å²) in [5.41, 5.74) is 0.768. The van der Waals surface area contributed by atoms with Gasteiger partial charge in [-0.25, -0.2) is 4.39 Å². The summed E-state index contributed by atoms with van der Waals surface area (Å²) in [6, 6.07) is 8.12. The van der Waals surface area contributed by atoms with Gasteiger partial charge in [-0.05, 0) is 30.2 Å². The van der Waals surface area contributed by atoms with Crippen LogP contribution >= 0.6 is 11.6 Å². The molecular formula is C15H11ClF4O. The van der Waals surface area contributed by atoms with E-state index in [4.69, 9.17) is 11.6 Å². The van der Waals surface area contributed by atoms with Crippen molar-refractivity contribution in [3.63, 3.8) is 0 Å². The fourth-order valence-corrected chi connectivity index (χ4v) is 2.19. The molecule has 0 amide bonds. The first-order chi connectivity index (χ1) is 9.81. The topological polar surface area (TPSA) is 9.23 Å². The molecule has 0 bridgehead atoms. The van der Waals surface area contributed by atoms with Crippen LogP contribution in [0.25, 0.3) is 11.1 Å². The zero-order chi connectivity index (χ0) is 15.6. The Morgan fingerprint density at radius 3 is 2.43 bits per heavy atom. The summed E-state index contributed by atoms with van der Waals surface area (Å²) in [6.45, 7) is 1.78. The predicted molar refractivity (Wildman–Crippen MR) is 72.9 cm³/mol. The van der Waals surface area contributed by atoms with Crippen molar-refractivity contribution in [2.45, 2.75) is 19.7 Å². The lowest BCUT2D eigenvalue weighted by molar-refractivity contribution is -0.274. The van der Waals surface area contributed by atoms with Gasteiger partial charge in [-0.1, -0.05) is 36.7 Å². The number of hydrogen-bond donors (Lipinski definition) is 0. The predicted octanol–water partition coefficient (Wildman–Crippen LogP) is 5.61. The first-order valence-corrected chi connectivity index (χ1v) is 6.52. The van der Waals surface area contributed by atoms with E-state index in [1.165, 1.54) is 12.1 Å². The number of benzene rings is 2. The molecule has 0 unspecified atom stereocenters. The molecule has 0 saturated heterocycles. The summed E-state index contributed by atoms with van der Waals surface area (Å²) in [4.78, 5) is 0. The van der Waals surface area contributed by atoms with Crippen molar-refractivity contribution in [2.75, 3.05) is 0 Å². The maximum absolute atomic E-state index is 14.3. The zero-order valence-electron chi connectivity index (χ0n) is 11.0. The molecule has 0 heterocycles.